The quantitative estimate of drug-likeness (QED) is 0.784. The number of amides is 2. The Morgan fingerprint density at radius 3 is 2.19 bits per heavy atom. The lowest BCUT2D eigenvalue weighted by Gasteiger charge is -2.11. The summed E-state index contributed by atoms with van der Waals surface area (Å²) < 4.78 is 3.68. The zero-order valence-electron chi connectivity index (χ0n) is 10.0. The lowest BCUT2D eigenvalue weighted by molar-refractivity contribution is -0.0581. The summed E-state index contributed by atoms with van der Waals surface area (Å²) in [5.41, 5.74) is 0.340. The van der Waals surface area contributed by atoms with Crippen LogP contribution >= 0.6 is 34.7 Å². The Hall–Kier alpha value is -1.96. The zero-order valence-corrected chi connectivity index (χ0v) is 12.3. The molecule has 0 atom stereocenters. The third kappa shape index (κ3) is 2.19. The van der Waals surface area contributed by atoms with E-state index < -0.39 is 17.8 Å². The maximum absolute atomic E-state index is 12.0. The number of hydrogen-bond acceptors (Lipinski definition) is 6. The summed E-state index contributed by atoms with van der Waals surface area (Å²) in [4.78, 5) is 40.7. The number of carbonyl (C=O) groups excluding carboxylic acids is 3. The lowest BCUT2D eigenvalue weighted by Crippen LogP contribution is -2.32. The van der Waals surface area contributed by atoms with Crippen molar-refractivity contribution in [3.05, 3.63) is 50.4 Å². The summed E-state index contributed by atoms with van der Waals surface area (Å²) in [6, 6.07) is 6.16. The van der Waals surface area contributed by atoms with Gasteiger partial charge in [-0.3, -0.25) is 9.59 Å². The first kappa shape index (κ1) is 14.0. The van der Waals surface area contributed by atoms with E-state index in [1.54, 1.807) is 12.1 Å². The zero-order chi connectivity index (χ0) is 15.1. The van der Waals surface area contributed by atoms with E-state index in [2.05, 4.69) is 4.37 Å². The van der Waals surface area contributed by atoms with Gasteiger partial charge in [0.15, 0.2) is 10.0 Å². The Labute approximate surface area is 131 Å². The van der Waals surface area contributed by atoms with Gasteiger partial charge in [0.1, 0.15) is 5.02 Å². The van der Waals surface area contributed by atoms with Crippen LogP contribution in [0.4, 0.5) is 0 Å². The Bertz CT molecular complexity index is 754. The molecule has 21 heavy (non-hydrogen) atoms. The van der Waals surface area contributed by atoms with Crippen LogP contribution in [0, 0.1) is 0 Å². The number of rotatable bonds is 2. The molecular formula is C12H4Cl2N2O4S. The smallest absolute Gasteiger partial charge is 0.323 e. The highest BCUT2D eigenvalue weighted by Gasteiger charge is 2.39. The second kappa shape index (κ2) is 5.10. The van der Waals surface area contributed by atoms with E-state index in [0.717, 1.165) is 0 Å². The van der Waals surface area contributed by atoms with Crippen molar-refractivity contribution in [2.45, 2.75) is 0 Å². The highest BCUT2D eigenvalue weighted by atomic mass is 35.5. The third-order valence-corrected chi connectivity index (χ3v) is 4.49. The van der Waals surface area contributed by atoms with Gasteiger partial charge in [-0.05, 0) is 23.7 Å². The van der Waals surface area contributed by atoms with E-state index >= 15 is 0 Å². The standard InChI is InChI=1S/C12H4Cl2N2O4S/c13-7-8(21-15-9(7)14)12(19)20-16-10(17)5-3-1-2-4-6(5)11(16)18/h1-4H. The van der Waals surface area contributed by atoms with Crippen molar-refractivity contribution < 1.29 is 19.2 Å². The normalized spacial score (nSPS) is 13.5. The Morgan fingerprint density at radius 2 is 1.71 bits per heavy atom. The first-order valence-corrected chi connectivity index (χ1v) is 7.04. The van der Waals surface area contributed by atoms with E-state index in [1.165, 1.54) is 12.1 Å². The van der Waals surface area contributed by atoms with Crippen molar-refractivity contribution in [2.24, 2.45) is 0 Å². The second-order valence-electron chi connectivity index (χ2n) is 3.95. The maximum atomic E-state index is 12.0. The molecule has 2 heterocycles. The summed E-state index contributed by atoms with van der Waals surface area (Å²) >= 11 is 12.1. The molecule has 1 aliphatic heterocycles. The van der Waals surface area contributed by atoms with Crippen LogP contribution in [0.25, 0.3) is 0 Å². The van der Waals surface area contributed by atoms with Crippen molar-refractivity contribution in [1.29, 1.82) is 0 Å². The molecule has 1 aromatic heterocycles. The largest absolute Gasteiger partial charge is 0.377 e. The number of benzene rings is 1. The number of nitrogens with zero attached hydrogens (tertiary/aromatic N) is 2. The average molecular weight is 343 g/mol. The summed E-state index contributed by atoms with van der Waals surface area (Å²) in [5.74, 6) is -2.40. The molecule has 0 saturated carbocycles. The van der Waals surface area contributed by atoms with E-state index in [-0.39, 0.29) is 26.2 Å². The maximum Gasteiger partial charge on any atom is 0.377 e. The highest BCUT2D eigenvalue weighted by Crippen LogP contribution is 2.30. The minimum Gasteiger partial charge on any atom is -0.323 e. The molecule has 0 radical (unpaired) electrons. The van der Waals surface area contributed by atoms with Gasteiger partial charge in [0.25, 0.3) is 11.8 Å². The molecule has 106 valence electrons. The SMILES string of the molecule is O=C(ON1C(=O)c2ccccc2C1=O)c1snc(Cl)c1Cl. The first-order chi connectivity index (χ1) is 10.0. The van der Waals surface area contributed by atoms with Crippen LogP contribution in [-0.4, -0.2) is 27.2 Å². The Morgan fingerprint density at radius 1 is 1.14 bits per heavy atom. The molecule has 0 N–H and O–H groups in total. The number of hydrogen-bond donors (Lipinski definition) is 0. The van der Waals surface area contributed by atoms with Gasteiger partial charge in [0.2, 0.25) is 0 Å². The Kier molecular flexibility index (Phi) is 3.40. The molecular weight excluding hydrogens is 339 g/mol. The van der Waals surface area contributed by atoms with Gasteiger partial charge >= 0.3 is 5.97 Å². The van der Waals surface area contributed by atoms with Gasteiger partial charge in [-0.15, -0.1) is 0 Å². The number of hydroxylamine groups is 2. The van der Waals surface area contributed by atoms with Crippen LogP contribution in [0.5, 0.6) is 0 Å². The number of halogens is 2. The summed E-state index contributed by atoms with van der Waals surface area (Å²) in [6.45, 7) is 0. The van der Waals surface area contributed by atoms with Gasteiger partial charge in [-0.2, -0.15) is 4.37 Å². The van der Waals surface area contributed by atoms with Crippen LogP contribution in [0.15, 0.2) is 24.3 Å². The molecule has 0 saturated heterocycles. The predicted molar refractivity (Wildman–Crippen MR) is 74.5 cm³/mol. The van der Waals surface area contributed by atoms with E-state index in [0.29, 0.717) is 16.6 Å². The molecule has 3 rings (SSSR count). The Balaban J connectivity index is 1.87. The van der Waals surface area contributed by atoms with Gasteiger partial charge in [0.05, 0.1) is 11.1 Å². The van der Waals surface area contributed by atoms with Gasteiger partial charge in [0, 0.05) is 0 Å². The minimum atomic E-state index is -0.973. The first-order valence-electron chi connectivity index (χ1n) is 5.51. The van der Waals surface area contributed by atoms with Crippen molar-refractivity contribution in [3.63, 3.8) is 0 Å². The van der Waals surface area contributed by atoms with Crippen molar-refractivity contribution in [3.8, 4) is 0 Å². The molecule has 6 nitrogen and oxygen atoms in total. The number of aromatic nitrogens is 1. The van der Waals surface area contributed by atoms with E-state index in [4.69, 9.17) is 28.0 Å². The van der Waals surface area contributed by atoms with Crippen LogP contribution in [0.3, 0.4) is 0 Å². The highest BCUT2D eigenvalue weighted by molar-refractivity contribution is 7.09. The van der Waals surface area contributed by atoms with Crippen LogP contribution in [0.1, 0.15) is 30.4 Å². The van der Waals surface area contributed by atoms with Crippen molar-refractivity contribution in [1.82, 2.24) is 9.44 Å². The average Bonchev–Trinajstić information content (AvgIpc) is 2.93. The molecule has 0 bridgehead atoms. The monoisotopic (exact) mass is 342 g/mol. The number of fused-ring (bicyclic) bond motifs is 1. The summed E-state index contributed by atoms with van der Waals surface area (Å²) in [5, 5.41) is 0.274. The fourth-order valence-electron chi connectivity index (χ4n) is 1.76. The second-order valence-corrected chi connectivity index (χ2v) is 5.45. The summed E-state index contributed by atoms with van der Waals surface area (Å²) in [6.07, 6.45) is 0. The number of imide groups is 1. The molecule has 0 fully saturated rings. The molecule has 0 aliphatic carbocycles. The molecule has 9 heteroatoms. The van der Waals surface area contributed by atoms with Crippen LogP contribution in [0.2, 0.25) is 10.2 Å². The third-order valence-electron chi connectivity index (χ3n) is 2.71. The molecule has 2 amide bonds. The molecule has 0 unspecified atom stereocenters. The fraction of sp³-hybridized carbons (Fsp3) is 0. The van der Waals surface area contributed by atoms with Gasteiger partial charge in [-0.1, -0.05) is 40.4 Å². The van der Waals surface area contributed by atoms with E-state index in [9.17, 15) is 14.4 Å². The van der Waals surface area contributed by atoms with Crippen molar-refractivity contribution in [2.75, 3.05) is 0 Å². The summed E-state index contributed by atoms with van der Waals surface area (Å²) in [7, 11) is 0. The minimum absolute atomic E-state index is 0.0454. The molecule has 1 aliphatic rings. The predicted octanol–water partition coefficient (Wildman–Crippen LogP) is 2.82. The topological polar surface area (TPSA) is 76.6 Å². The fourth-order valence-corrected chi connectivity index (χ4v) is 2.84. The molecule has 2 aromatic rings. The van der Waals surface area contributed by atoms with E-state index in [1.807, 2.05) is 0 Å². The van der Waals surface area contributed by atoms with Crippen LogP contribution < -0.4 is 0 Å². The lowest BCUT2D eigenvalue weighted by atomic mass is 10.1. The molecule has 0 spiro atoms. The van der Waals surface area contributed by atoms with Crippen molar-refractivity contribution >= 4 is 52.5 Å². The van der Waals surface area contributed by atoms with Crippen LogP contribution in [-0.2, 0) is 4.84 Å². The van der Waals surface area contributed by atoms with Gasteiger partial charge in [-0.25, -0.2) is 4.79 Å². The number of carbonyl (C=O) groups is 3. The molecule has 1 aromatic carbocycles. The van der Waals surface area contributed by atoms with Gasteiger partial charge < -0.3 is 4.84 Å².